The zero-order valence-corrected chi connectivity index (χ0v) is 21.2. The molecule has 0 bridgehead atoms. The molecule has 0 aliphatic carbocycles. The predicted octanol–water partition coefficient (Wildman–Crippen LogP) is -0.366. The van der Waals surface area contributed by atoms with E-state index in [2.05, 4.69) is 16.0 Å². The van der Waals surface area contributed by atoms with Crippen LogP contribution in [0.2, 0.25) is 0 Å². The number of hydrogen-bond acceptors (Lipinski definition) is 8. The number of hydrogen-bond donors (Lipinski definition) is 8. The molecule has 210 valence electrons. The van der Waals surface area contributed by atoms with E-state index in [9.17, 15) is 39.3 Å². The second-order valence-electron chi connectivity index (χ2n) is 8.97. The van der Waals surface area contributed by atoms with Crippen LogP contribution in [0.1, 0.15) is 30.9 Å². The molecule has 2 aromatic rings. The summed E-state index contributed by atoms with van der Waals surface area (Å²) in [5, 5.41) is 44.5. The lowest BCUT2D eigenvalue weighted by Gasteiger charge is -2.25. The Morgan fingerprint density at radius 1 is 0.718 bits per heavy atom. The Labute approximate surface area is 224 Å². The van der Waals surface area contributed by atoms with Gasteiger partial charge in [0.2, 0.25) is 17.7 Å². The Balaban J connectivity index is 2.29. The number of carboxylic acids is 2. The van der Waals surface area contributed by atoms with Crippen LogP contribution in [-0.4, -0.2) is 74.3 Å². The Morgan fingerprint density at radius 3 is 1.54 bits per heavy atom. The number of carbonyl (C=O) groups is 5. The van der Waals surface area contributed by atoms with Crippen molar-refractivity contribution in [1.29, 1.82) is 0 Å². The molecule has 4 atom stereocenters. The third kappa shape index (κ3) is 10.3. The topological polar surface area (TPSA) is 228 Å². The van der Waals surface area contributed by atoms with E-state index < -0.39 is 53.8 Å². The lowest BCUT2D eigenvalue weighted by molar-refractivity contribution is -0.142. The van der Waals surface area contributed by atoms with E-state index in [0.717, 1.165) is 0 Å². The first-order valence-corrected chi connectivity index (χ1v) is 12.0. The molecule has 13 heteroatoms. The number of phenolic OH excluding ortho intramolecular Hbond substituents is 2. The summed E-state index contributed by atoms with van der Waals surface area (Å²) >= 11 is 0. The molecule has 0 aliphatic heterocycles. The van der Waals surface area contributed by atoms with Gasteiger partial charge in [-0.2, -0.15) is 0 Å². The number of phenols is 2. The fourth-order valence-electron chi connectivity index (χ4n) is 3.49. The number of nitrogens with two attached hydrogens (primary N) is 1. The zero-order chi connectivity index (χ0) is 29.1. The molecule has 0 saturated heterocycles. The van der Waals surface area contributed by atoms with Crippen LogP contribution in [-0.2, 0) is 36.8 Å². The predicted molar refractivity (Wildman–Crippen MR) is 138 cm³/mol. The molecule has 0 spiro atoms. The van der Waals surface area contributed by atoms with Crippen LogP contribution in [0.15, 0.2) is 48.5 Å². The average molecular weight is 545 g/mol. The Morgan fingerprint density at radius 2 is 1.13 bits per heavy atom. The van der Waals surface area contributed by atoms with Gasteiger partial charge in [-0.15, -0.1) is 0 Å². The summed E-state index contributed by atoms with van der Waals surface area (Å²) in [6, 6.07) is 6.67. The highest BCUT2D eigenvalue weighted by molar-refractivity contribution is 5.94. The van der Waals surface area contributed by atoms with Crippen molar-refractivity contribution in [2.24, 2.45) is 5.73 Å². The average Bonchev–Trinajstić information content (AvgIpc) is 2.88. The number of aliphatic carboxylic acids is 2. The van der Waals surface area contributed by atoms with E-state index in [4.69, 9.17) is 10.8 Å². The maximum Gasteiger partial charge on any atom is 0.325 e. The van der Waals surface area contributed by atoms with Gasteiger partial charge in [0, 0.05) is 19.3 Å². The lowest BCUT2D eigenvalue weighted by Crippen LogP contribution is -2.58. The summed E-state index contributed by atoms with van der Waals surface area (Å²) < 4.78 is 0. The quantitative estimate of drug-likeness (QED) is 0.154. The molecule has 0 radical (unpaired) electrons. The van der Waals surface area contributed by atoms with Gasteiger partial charge in [0.25, 0.3) is 0 Å². The van der Waals surface area contributed by atoms with Crippen LogP contribution >= 0.6 is 0 Å². The van der Waals surface area contributed by atoms with Crippen LogP contribution < -0.4 is 21.7 Å². The van der Waals surface area contributed by atoms with Crippen molar-refractivity contribution >= 4 is 29.7 Å². The Hall–Kier alpha value is -4.65. The molecule has 0 saturated carbocycles. The van der Waals surface area contributed by atoms with Gasteiger partial charge in [-0.1, -0.05) is 24.3 Å². The molecule has 39 heavy (non-hydrogen) atoms. The molecule has 4 unspecified atom stereocenters. The van der Waals surface area contributed by atoms with E-state index in [1.807, 2.05) is 0 Å². The summed E-state index contributed by atoms with van der Waals surface area (Å²) in [4.78, 5) is 61.0. The summed E-state index contributed by atoms with van der Waals surface area (Å²) in [5.41, 5.74) is 6.89. The molecule has 3 amide bonds. The number of carbonyl (C=O) groups excluding carboxylic acids is 3. The molecular formula is C26H32N4O9. The molecule has 2 aromatic carbocycles. The zero-order valence-electron chi connectivity index (χ0n) is 21.2. The maximum absolute atomic E-state index is 13.4. The fourth-order valence-corrected chi connectivity index (χ4v) is 3.49. The van der Waals surface area contributed by atoms with Crippen LogP contribution in [0, 0.1) is 0 Å². The van der Waals surface area contributed by atoms with Crippen molar-refractivity contribution in [3.05, 3.63) is 59.7 Å². The number of nitrogens with one attached hydrogen (secondary N) is 3. The monoisotopic (exact) mass is 544 g/mol. The lowest BCUT2D eigenvalue weighted by atomic mass is 10.0. The summed E-state index contributed by atoms with van der Waals surface area (Å²) in [6.07, 6.45) is -0.668. The second-order valence-corrected chi connectivity index (χ2v) is 8.97. The van der Waals surface area contributed by atoms with Crippen molar-refractivity contribution in [2.45, 2.75) is 56.8 Å². The van der Waals surface area contributed by atoms with Gasteiger partial charge >= 0.3 is 11.9 Å². The van der Waals surface area contributed by atoms with Gasteiger partial charge in [0.15, 0.2) is 0 Å². The third-order valence-corrected chi connectivity index (χ3v) is 5.75. The minimum atomic E-state index is -1.29. The first-order valence-electron chi connectivity index (χ1n) is 12.0. The Kier molecular flexibility index (Phi) is 11.2. The molecular weight excluding hydrogens is 512 g/mol. The van der Waals surface area contributed by atoms with Crippen molar-refractivity contribution in [1.82, 2.24) is 16.0 Å². The molecule has 0 heterocycles. The van der Waals surface area contributed by atoms with Crippen LogP contribution in [0.25, 0.3) is 0 Å². The number of carboxylic acid groups (broad SMARTS) is 2. The van der Waals surface area contributed by atoms with E-state index >= 15 is 0 Å². The highest BCUT2D eigenvalue weighted by Crippen LogP contribution is 2.14. The van der Waals surface area contributed by atoms with Crippen molar-refractivity contribution < 1.29 is 44.4 Å². The van der Waals surface area contributed by atoms with Gasteiger partial charge in [0.1, 0.15) is 29.6 Å². The molecule has 0 fully saturated rings. The number of amides is 3. The van der Waals surface area contributed by atoms with Crippen molar-refractivity contribution in [3.63, 3.8) is 0 Å². The van der Waals surface area contributed by atoms with E-state index in [-0.39, 0.29) is 37.2 Å². The number of aromatic hydroxyl groups is 2. The number of benzene rings is 2. The number of rotatable bonds is 14. The SMILES string of the molecule is CC(NC(=O)C(Cc1ccc(O)cc1)NC(=O)C(Cc1ccc(O)cc1)NC(=O)C(N)CCC(=O)O)C(=O)O. The first kappa shape index (κ1) is 30.6. The normalized spacial score (nSPS) is 13.8. The fraction of sp³-hybridized carbons (Fsp3) is 0.346. The van der Waals surface area contributed by atoms with Crippen LogP contribution in [0.5, 0.6) is 11.5 Å². The van der Waals surface area contributed by atoms with E-state index in [1.54, 1.807) is 0 Å². The largest absolute Gasteiger partial charge is 0.508 e. The van der Waals surface area contributed by atoms with Crippen LogP contribution in [0.4, 0.5) is 0 Å². The standard InChI is InChI=1S/C26H32N4O9/c1-14(26(38)39)28-24(36)20(12-15-2-6-17(31)7-3-15)30-25(37)21(13-16-4-8-18(32)9-5-16)29-23(35)19(27)10-11-22(33)34/h2-9,14,19-21,31-32H,10-13,27H2,1H3,(H,28,36)(H,29,35)(H,30,37)(H,33,34)(H,38,39). The second kappa shape index (κ2) is 14.3. The minimum Gasteiger partial charge on any atom is -0.508 e. The maximum atomic E-state index is 13.4. The van der Waals surface area contributed by atoms with E-state index in [0.29, 0.717) is 11.1 Å². The van der Waals surface area contributed by atoms with Gasteiger partial charge in [-0.05, 0) is 48.7 Å². The van der Waals surface area contributed by atoms with Crippen molar-refractivity contribution in [3.8, 4) is 11.5 Å². The van der Waals surface area contributed by atoms with Gasteiger partial charge < -0.3 is 42.1 Å². The minimum absolute atomic E-state index is 0.0146. The highest BCUT2D eigenvalue weighted by atomic mass is 16.4. The molecule has 0 aromatic heterocycles. The van der Waals surface area contributed by atoms with Crippen LogP contribution in [0.3, 0.4) is 0 Å². The third-order valence-electron chi connectivity index (χ3n) is 5.75. The molecule has 2 rings (SSSR count). The summed E-state index contributed by atoms with van der Waals surface area (Å²) in [7, 11) is 0. The van der Waals surface area contributed by atoms with Gasteiger partial charge in [-0.25, -0.2) is 0 Å². The van der Waals surface area contributed by atoms with Gasteiger partial charge in [0.05, 0.1) is 6.04 Å². The first-order chi connectivity index (χ1) is 18.3. The molecule has 0 aliphatic rings. The summed E-state index contributed by atoms with van der Waals surface area (Å²) in [5.74, 6) is -4.82. The Bertz CT molecular complexity index is 1170. The summed E-state index contributed by atoms with van der Waals surface area (Å²) in [6.45, 7) is 1.26. The smallest absolute Gasteiger partial charge is 0.325 e. The van der Waals surface area contributed by atoms with Crippen molar-refractivity contribution in [2.75, 3.05) is 0 Å². The van der Waals surface area contributed by atoms with Gasteiger partial charge in [-0.3, -0.25) is 24.0 Å². The molecule has 9 N–H and O–H groups in total. The molecule has 13 nitrogen and oxygen atoms in total. The highest BCUT2D eigenvalue weighted by Gasteiger charge is 2.30. The van der Waals surface area contributed by atoms with E-state index in [1.165, 1.54) is 55.5 Å².